The highest BCUT2D eigenvalue weighted by atomic mass is 16.5. The number of anilines is 1. The minimum Gasteiger partial charge on any atom is -0.406 e. The van der Waals surface area contributed by atoms with Crippen LogP contribution in [0.3, 0.4) is 0 Å². The molecule has 1 aromatic heterocycles. The summed E-state index contributed by atoms with van der Waals surface area (Å²) in [5.74, 6) is 0.608. The monoisotopic (exact) mass is 270 g/mol. The largest absolute Gasteiger partial charge is 0.406 e. The molecule has 1 atom stereocenters. The van der Waals surface area contributed by atoms with Gasteiger partial charge in [-0.25, -0.2) is 0 Å². The number of aliphatic hydroxyl groups is 1. The summed E-state index contributed by atoms with van der Waals surface area (Å²) >= 11 is 0. The van der Waals surface area contributed by atoms with Crippen LogP contribution in [0.1, 0.15) is 31.7 Å². The van der Waals surface area contributed by atoms with Crippen LogP contribution in [0.4, 0.5) is 6.01 Å². The van der Waals surface area contributed by atoms with E-state index < -0.39 is 0 Å². The van der Waals surface area contributed by atoms with Crippen molar-refractivity contribution in [2.75, 3.05) is 38.3 Å². The summed E-state index contributed by atoms with van der Waals surface area (Å²) in [7, 11) is 1.86. The first-order valence-electron chi connectivity index (χ1n) is 6.72. The lowest BCUT2D eigenvalue weighted by Gasteiger charge is -2.30. The van der Waals surface area contributed by atoms with E-state index in [9.17, 15) is 0 Å². The Morgan fingerprint density at radius 3 is 2.84 bits per heavy atom. The standard InChI is InChI=1S/C12H22N4O3/c1-9(13-2)11-14-15-12(19-11)16-5-3-10(4-6-16)18-8-7-17/h9-10,13,17H,3-8H2,1-2H3. The molecular weight excluding hydrogens is 248 g/mol. The third-order valence-electron chi connectivity index (χ3n) is 3.39. The highest BCUT2D eigenvalue weighted by Crippen LogP contribution is 2.22. The van der Waals surface area contributed by atoms with E-state index in [0.717, 1.165) is 25.9 Å². The van der Waals surface area contributed by atoms with Crippen LogP contribution in [-0.4, -0.2) is 54.8 Å². The Labute approximate surface area is 112 Å². The van der Waals surface area contributed by atoms with Crippen molar-refractivity contribution >= 4 is 6.01 Å². The average Bonchev–Trinajstić information content (AvgIpc) is 2.94. The summed E-state index contributed by atoms with van der Waals surface area (Å²) in [6.07, 6.45) is 2.06. The Bertz CT molecular complexity index is 377. The number of nitrogens with zero attached hydrogens (tertiary/aromatic N) is 3. The zero-order valence-electron chi connectivity index (χ0n) is 11.5. The number of piperidine rings is 1. The second kappa shape index (κ2) is 6.83. The zero-order valence-corrected chi connectivity index (χ0v) is 11.5. The summed E-state index contributed by atoms with van der Waals surface area (Å²) < 4.78 is 11.2. The first kappa shape index (κ1) is 14.2. The minimum absolute atomic E-state index is 0.0617. The molecule has 0 radical (unpaired) electrons. The number of hydrogen-bond donors (Lipinski definition) is 2. The Morgan fingerprint density at radius 1 is 1.47 bits per heavy atom. The van der Waals surface area contributed by atoms with Crippen LogP contribution >= 0.6 is 0 Å². The van der Waals surface area contributed by atoms with E-state index in [2.05, 4.69) is 20.4 Å². The maximum absolute atomic E-state index is 8.73. The predicted octanol–water partition coefficient (Wildman–Crippen LogP) is 0.328. The molecule has 1 fully saturated rings. The second-order valence-corrected chi connectivity index (χ2v) is 4.71. The summed E-state index contributed by atoms with van der Waals surface area (Å²) in [6.45, 7) is 4.15. The number of ether oxygens (including phenoxy) is 1. The van der Waals surface area contributed by atoms with E-state index in [1.807, 2.05) is 14.0 Å². The second-order valence-electron chi connectivity index (χ2n) is 4.71. The van der Waals surface area contributed by atoms with Gasteiger partial charge >= 0.3 is 6.01 Å². The van der Waals surface area contributed by atoms with Crippen molar-refractivity contribution < 1.29 is 14.3 Å². The van der Waals surface area contributed by atoms with Gasteiger partial charge in [-0.3, -0.25) is 0 Å². The van der Waals surface area contributed by atoms with Gasteiger partial charge in [-0.05, 0) is 26.8 Å². The first-order chi connectivity index (χ1) is 9.24. The maximum atomic E-state index is 8.73. The van der Waals surface area contributed by atoms with Gasteiger partial charge in [0.05, 0.1) is 25.4 Å². The van der Waals surface area contributed by atoms with Crippen LogP contribution in [0.2, 0.25) is 0 Å². The zero-order chi connectivity index (χ0) is 13.7. The molecule has 1 aromatic rings. The van der Waals surface area contributed by atoms with Gasteiger partial charge in [0.15, 0.2) is 0 Å². The van der Waals surface area contributed by atoms with Crippen LogP contribution in [0.25, 0.3) is 0 Å². The predicted molar refractivity (Wildman–Crippen MR) is 70.0 cm³/mol. The molecule has 1 saturated heterocycles. The van der Waals surface area contributed by atoms with Gasteiger partial charge in [-0.1, -0.05) is 5.10 Å². The molecule has 0 saturated carbocycles. The first-order valence-corrected chi connectivity index (χ1v) is 6.72. The van der Waals surface area contributed by atoms with Crippen LogP contribution < -0.4 is 10.2 Å². The van der Waals surface area contributed by atoms with Crippen LogP contribution in [0.5, 0.6) is 0 Å². The lowest BCUT2D eigenvalue weighted by molar-refractivity contribution is 0.0154. The fourth-order valence-corrected chi connectivity index (χ4v) is 2.09. The van der Waals surface area contributed by atoms with Crippen molar-refractivity contribution in [3.8, 4) is 0 Å². The number of nitrogens with one attached hydrogen (secondary N) is 1. The minimum atomic E-state index is 0.0617. The van der Waals surface area contributed by atoms with E-state index >= 15 is 0 Å². The molecular formula is C12H22N4O3. The van der Waals surface area contributed by atoms with Crippen LogP contribution in [0, 0.1) is 0 Å². The topological polar surface area (TPSA) is 83.7 Å². The van der Waals surface area contributed by atoms with Gasteiger partial charge < -0.3 is 24.5 Å². The highest BCUT2D eigenvalue weighted by molar-refractivity contribution is 5.25. The summed E-state index contributed by atoms with van der Waals surface area (Å²) in [4.78, 5) is 2.08. The Hall–Kier alpha value is -1.18. The maximum Gasteiger partial charge on any atom is 0.318 e. The van der Waals surface area contributed by atoms with Crippen molar-refractivity contribution in [3.05, 3.63) is 5.89 Å². The lowest BCUT2D eigenvalue weighted by atomic mass is 10.1. The molecule has 108 valence electrons. The molecule has 1 unspecified atom stereocenters. The molecule has 0 spiro atoms. The van der Waals surface area contributed by atoms with E-state index in [4.69, 9.17) is 14.3 Å². The Balaban J connectivity index is 1.85. The van der Waals surface area contributed by atoms with Gasteiger partial charge in [0.25, 0.3) is 0 Å². The van der Waals surface area contributed by atoms with Gasteiger partial charge in [0.1, 0.15) is 0 Å². The van der Waals surface area contributed by atoms with Crippen molar-refractivity contribution in [2.24, 2.45) is 0 Å². The quantitative estimate of drug-likeness (QED) is 0.770. The smallest absolute Gasteiger partial charge is 0.318 e. The molecule has 7 nitrogen and oxygen atoms in total. The molecule has 0 aliphatic carbocycles. The van der Waals surface area contributed by atoms with Crippen molar-refractivity contribution in [1.82, 2.24) is 15.5 Å². The molecule has 0 amide bonds. The normalized spacial score (nSPS) is 18.8. The fourth-order valence-electron chi connectivity index (χ4n) is 2.09. The van der Waals surface area contributed by atoms with E-state index in [1.165, 1.54) is 0 Å². The number of aliphatic hydroxyl groups excluding tert-OH is 1. The summed E-state index contributed by atoms with van der Waals surface area (Å²) in [6, 6.07) is 0.643. The number of rotatable bonds is 6. The third-order valence-corrected chi connectivity index (χ3v) is 3.39. The van der Waals surface area contributed by atoms with Crippen LogP contribution in [-0.2, 0) is 4.74 Å². The SMILES string of the molecule is CNC(C)c1nnc(N2CCC(OCCO)CC2)o1. The van der Waals surface area contributed by atoms with Crippen LogP contribution in [0.15, 0.2) is 4.42 Å². The Kier molecular flexibility index (Phi) is 5.12. The van der Waals surface area contributed by atoms with E-state index in [0.29, 0.717) is 18.5 Å². The molecule has 2 N–H and O–H groups in total. The number of hydrogen-bond acceptors (Lipinski definition) is 7. The summed E-state index contributed by atoms with van der Waals surface area (Å²) in [5, 5.41) is 19.9. The van der Waals surface area contributed by atoms with Crippen molar-refractivity contribution in [1.29, 1.82) is 0 Å². The Morgan fingerprint density at radius 2 is 2.21 bits per heavy atom. The highest BCUT2D eigenvalue weighted by Gasteiger charge is 2.24. The molecule has 0 aromatic carbocycles. The fraction of sp³-hybridized carbons (Fsp3) is 0.833. The van der Waals surface area contributed by atoms with Gasteiger partial charge in [-0.2, -0.15) is 0 Å². The molecule has 7 heteroatoms. The molecule has 1 aliphatic heterocycles. The van der Waals surface area contributed by atoms with Crippen molar-refractivity contribution in [2.45, 2.75) is 31.9 Å². The third kappa shape index (κ3) is 3.65. The van der Waals surface area contributed by atoms with Gasteiger partial charge in [0.2, 0.25) is 5.89 Å². The molecule has 2 rings (SSSR count). The lowest BCUT2D eigenvalue weighted by Crippen LogP contribution is -2.37. The van der Waals surface area contributed by atoms with Crippen molar-refractivity contribution in [3.63, 3.8) is 0 Å². The molecule has 0 bridgehead atoms. The molecule has 2 heterocycles. The summed E-state index contributed by atoms with van der Waals surface area (Å²) in [5.41, 5.74) is 0. The van der Waals surface area contributed by atoms with Gasteiger partial charge in [0, 0.05) is 13.1 Å². The molecule has 1 aliphatic rings. The number of aromatic nitrogens is 2. The average molecular weight is 270 g/mol. The van der Waals surface area contributed by atoms with Gasteiger partial charge in [-0.15, -0.1) is 5.10 Å². The van der Waals surface area contributed by atoms with E-state index in [1.54, 1.807) is 0 Å². The van der Waals surface area contributed by atoms with E-state index in [-0.39, 0.29) is 18.8 Å². The molecule has 19 heavy (non-hydrogen) atoms.